The van der Waals surface area contributed by atoms with Gasteiger partial charge in [0.1, 0.15) is 12.3 Å². The average molecular weight is 316 g/mol. The Hall–Kier alpha value is -1.78. The van der Waals surface area contributed by atoms with Crippen molar-refractivity contribution >= 4 is 11.8 Å². The molecule has 6 atom stereocenters. The molecule has 0 radical (unpaired) electrons. The molecule has 3 saturated carbocycles. The van der Waals surface area contributed by atoms with Crippen LogP contribution in [0.3, 0.4) is 0 Å². The van der Waals surface area contributed by atoms with Gasteiger partial charge in [-0.25, -0.2) is 0 Å². The molecule has 124 valence electrons. The van der Waals surface area contributed by atoms with E-state index in [1.807, 2.05) is 0 Å². The third-order valence-corrected chi connectivity index (χ3v) is 6.28. The van der Waals surface area contributed by atoms with E-state index in [4.69, 9.17) is 4.42 Å². The smallest absolute Gasteiger partial charge is 0.255 e. The molecule has 1 heterocycles. The summed E-state index contributed by atoms with van der Waals surface area (Å²) in [5, 5.41) is 5.93. The summed E-state index contributed by atoms with van der Waals surface area (Å²) in [7, 11) is 0. The number of fused-ring (bicyclic) bond motifs is 5. The maximum atomic E-state index is 12.4. The lowest BCUT2D eigenvalue weighted by atomic mass is 9.79. The third-order valence-electron chi connectivity index (χ3n) is 6.28. The molecule has 0 spiro atoms. The van der Waals surface area contributed by atoms with Crippen LogP contribution < -0.4 is 10.6 Å². The molecule has 2 N–H and O–H groups in total. The van der Waals surface area contributed by atoms with Crippen LogP contribution in [0.5, 0.6) is 0 Å². The van der Waals surface area contributed by atoms with E-state index in [1.54, 1.807) is 13.0 Å². The van der Waals surface area contributed by atoms with Crippen LogP contribution in [0.4, 0.5) is 0 Å². The van der Waals surface area contributed by atoms with E-state index in [2.05, 4.69) is 10.6 Å². The van der Waals surface area contributed by atoms with E-state index in [0.29, 0.717) is 17.5 Å². The fourth-order valence-corrected chi connectivity index (χ4v) is 5.28. The van der Waals surface area contributed by atoms with Crippen LogP contribution in [0.25, 0.3) is 0 Å². The molecule has 3 fully saturated rings. The largest absolute Gasteiger partial charge is 0.472 e. The molecule has 4 rings (SSSR count). The second kappa shape index (κ2) is 5.69. The number of hydrogen-bond donors (Lipinski definition) is 2. The monoisotopic (exact) mass is 316 g/mol. The minimum absolute atomic E-state index is 0.0751. The van der Waals surface area contributed by atoms with Crippen LogP contribution in [-0.4, -0.2) is 23.9 Å². The maximum Gasteiger partial charge on any atom is 0.255 e. The normalized spacial score (nSPS) is 35.8. The lowest BCUT2D eigenvalue weighted by Gasteiger charge is -2.32. The van der Waals surface area contributed by atoms with Crippen LogP contribution in [0.2, 0.25) is 0 Å². The van der Waals surface area contributed by atoms with Gasteiger partial charge in [0.05, 0.1) is 11.8 Å². The molecular weight excluding hydrogens is 292 g/mol. The molecule has 0 aliphatic heterocycles. The first-order valence-corrected chi connectivity index (χ1v) is 8.77. The minimum Gasteiger partial charge on any atom is -0.472 e. The fraction of sp³-hybridized carbons (Fsp3) is 0.667. The fourth-order valence-electron chi connectivity index (χ4n) is 5.28. The van der Waals surface area contributed by atoms with Crippen molar-refractivity contribution in [1.29, 1.82) is 0 Å². The van der Waals surface area contributed by atoms with Crippen LogP contribution in [0.15, 0.2) is 23.0 Å². The predicted octanol–water partition coefficient (Wildman–Crippen LogP) is 2.34. The van der Waals surface area contributed by atoms with Gasteiger partial charge in [-0.2, -0.15) is 0 Å². The number of amides is 2. The Morgan fingerprint density at radius 2 is 2.04 bits per heavy atom. The number of furan rings is 1. The summed E-state index contributed by atoms with van der Waals surface area (Å²) >= 11 is 0. The zero-order valence-corrected chi connectivity index (χ0v) is 13.5. The van der Waals surface area contributed by atoms with Gasteiger partial charge in [0.25, 0.3) is 5.91 Å². The number of nitrogens with one attached hydrogen (secondary N) is 2. The Labute approximate surface area is 136 Å². The van der Waals surface area contributed by atoms with Gasteiger partial charge in [0.2, 0.25) is 5.91 Å². The summed E-state index contributed by atoms with van der Waals surface area (Å²) in [5.74, 6) is 2.88. The van der Waals surface area contributed by atoms with Gasteiger partial charge in [-0.05, 0) is 62.3 Å². The quantitative estimate of drug-likeness (QED) is 0.895. The van der Waals surface area contributed by atoms with Gasteiger partial charge in [-0.1, -0.05) is 6.42 Å². The van der Waals surface area contributed by atoms with E-state index in [0.717, 1.165) is 24.2 Å². The molecule has 1 aromatic rings. The Morgan fingerprint density at radius 1 is 1.22 bits per heavy atom. The average Bonchev–Trinajstić information content (AvgIpc) is 3.28. The summed E-state index contributed by atoms with van der Waals surface area (Å²) in [6.07, 6.45) is 9.34. The molecule has 5 heteroatoms. The van der Waals surface area contributed by atoms with Gasteiger partial charge in [0.15, 0.2) is 0 Å². The SMILES string of the molecule is C[C@H](NC(=O)c1ccoc1)C(=O)N[C@@H]1C[C@H]2C[C@H]1[C@@H]1CCC[C@H]21. The molecular formula is C18H24N2O3. The number of hydrogen-bond acceptors (Lipinski definition) is 3. The second-order valence-electron chi connectivity index (χ2n) is 7.48. The number of rotatable bonds is 4. The van der Waals surface area contributed by atoms with Gasteiger partial charge >= 0.3 is 0 Å². The molecule has 2 amide bonds. The molecule has 3 aliphatic rings. The maximum absolute atomic E-state index is 12.4. The highest BCUT2D eigenvalue weighted by Crippen LogP contribution is 2.58. The molecule has 1 aromatic heterocycles. The van der Waals surface area contributed by atoms with Crippen molar-refractivity contribution < 1.29 is 14.0 Å². The summed E-state index contributed by atoms with van der Waals surface area (Å²) in [6.45, 7) is 1.74. The van der Waals surface area contributed by atoms with Crippen molar-refractivity contribution in [3.8, 4) is 0 Å². The Kier molecular flexibility index (Phi) is 3.66. The van der Waals surface area contributed by atoms with Crippen molar-refractivity contribution in [2.75, 3.05) is 0 Å². The second-order valence-corrected chi connectivity index (χ2v) is 7.48. The zero-order chi connectivity index (χ0) is 16.0. The van der Waals surface area contributed by atoms with E-state index in [9.17, 15) is 9.59 Å². The molecule has 3 aliphatic carbocycles. The predicted molar refractivity (Wildman–Crippen MR) is 84.6 cm³/mol. The van der Waals surface area contributed by atoms with Gasteiger partial charge in [-0.3, -0.25) is 9.59 Å². The van der Waals surface area contributed by atoms with Crippen LogP contribution in [0.1, 0.15) is 49.4 Å². The Balaban J connectivity index is 1.33. The van der Waals surface area contributed by atoms with Gasteiger partial charge in [0, 0.05) is 6.04 Å². The third kappa shape index (κ3) is 2.56. The van der Waals surface area contributed by atoms with Crippen LogP contribution in [-0.2, 0) is 4.79 Å². The first kappa shape index (κ1) is 14.8. The van der Waals surface area contributed by atoms with E-state index in [1.165, 1.54) is 38.2 Å². The number of carbonyl (C=O) groups excluding carboxylic acids is 2. The summed E-state index contributed by atoms with van der Waals surface area (Å²) < 4.78 is 4.90. The lowest BCUT2D eigenvalue weighted by Crippen LogP contribution is -2.50. The van der Waals surface area contributed by atoms with Crippen molar-refractivity contribution in [3.05, 3.63) is 24.2 Å². The van der Waals surface area contributed by atoms with E-state index < -0.39 is 6.04 Å². The van der Waals surface area contributed by atoms with Crippen molar-refractivity contribution in [2.24, 2.45) is 23.7 Å². The van der Waals surface area contributed by atoms with Crippen molar-refractivity contribution in [2.45, 2.75) is 51.1 Å². The standard InChI is InChI=1S/C18H24N2O3/c1-10(19-18(22)11-5-6-23-9-11)17(21)20-16-8-12-7-15(16)14-4-2-3-13(12)14/h5-6,9-10,12-16H,2-4,7-8H2,1H3,(H,19,22)(H,20,21)/t10-,12+,13+,14+,15-,16+/m0/s1. The molecule has 5 nitrogen and oxygen atoms in total. The minimum atomic E-state index is -0.532. The first-order valence-electron chi connectivity index (χ1n) is 8.77. The molecule has 0 saturated heterocycles. The van der Waals surface area contributed by atoms with Gasteiger partial charge < -0.3 is 15.1 Å². The summed E-state index contributed by atoms with van der Waals surface area (Å²) in [4.78, 5) is 24.4. The molecule has 23 heavy (non-hydrogen) atoms. The number of carbonyl (C=O) groups is 2. The first-order chi connectivity index (χ1) is 11.1. The molecule has 0 unspecified atom stereocenters. The van der Waals surface area contributed by atoms with Crippen molar-refractivity contribution in [3.63, 3.8) is 0 Å². The lowest BCUT2D eigenvalue weighted by molar-refractivity contribution is -0.123. The molecule has 0 aromatic carbocycles. The van der Waals surface area contributed by atoms with Crippen molar-refractivity contribution in [1.82, 2.24) is 10.6 Å². The zero-order valence-electron chi connectivity index (χ0n) is 13.5. The highest BCUT2D eigenvalue weighted by atomic mass is 16.3. The summed E-state index contributed by atoms with van der Waals surface area (Å²) in [6, 6.07) is 1.37. The highest BCUT2D eigenvalue weighted by molar-refractivity contribution is 5.97. The Morgan fingerprint density at radius 3 is 2.83 bits per heavy atom. The van der Waals surface area contributed by atoms with Crippen LogP contribution >= 0.6 is 0 Å². The van der Waals surface area contributed by atoms with E-state index >= 15 is 0 Å². The summed E-state index contributed by atoms with van der Waals surface area (Å²) in [5.41, 5.74) is 0.443. The van der Waals surface area contributed by atoms with Gasteiger partial charge in [-0.15, -0.1) is 0 Å². The Bertz CT molecular complexity index is 597. The van der Waals surface area contributed by atoms with E-state index in [-0.39, 0.29) is 11.8 Å². The topological polar surface area (TPSA) is 71.3 Å². The van der Waals surface area contributed by atoms with Crippen LogP contribution in [0, 0.1) is 23.7 Å². The highest BCUT2D eigenvalue weighted by Gasteiger charge is 2.54. The molecule has 2 bridgehead atoms.